The highest BCUT2D eigenvalue weighted by atomic mass is 16.3. The third-order valence-electron chi connectivity index (χ3n) is 6.08. The minimum Gasteiger partial charge on any atom is -0.379 e. The Morgan fingerprint density at radius 3 is 2.72 bits per heavy atom. The van der Waals surface area contributed by atoms with Gasteiger partial charge < -0.3 is 15.0 Å². The van der Waals surface area contributed by atoms with Crippen LogP contribution in [0, 0.1) is 0 Å². The van der Waals surface area contributed by atoms with Crippen molar-refractivity contribution in [1.82, 2.24) is 19.8 Å². The van der Waals surface area contributed by atoms with E-state index < -0.39 is 5.60 Å². The summed E-state index contributed by atoms with van der Waals surface area (Å²) in [5, 5.41) is 11.2. The Labute approximate surface area is 170 Å². The summed E-state index contributed by atoms with van der Waals surface area (Å²) >= 11 is 0. The molecule has 1 atom stereocenters. The number of aromatic amines is 1. The zero-order valence-electron chi connectivity index (χ0n) is 16.6. The molecule has 2 aliphatic heterocycles. The zero-order valence-corrected chi connectivity index (χ0v) is 16.6. The number of carbonyl (C=O) groups is 1. The minimum absolute atomic E-state index is 0.0867. The molecule has 1 unspecified atom stereocenters. The van der Waals surface area contributed by atoms with Crippen LogP contribution in [0.25, 0.3) is 0 Å². The van der Waals surface area contributed by atoms with Gasteiger partial charge in [0.15, 0.2) is 5.60 Å². The fourth-order valence-electron chi connectivity index (χ4n) is 4.45. The van der Waals surface area contributed by atoms with Gasteiger partial charge in [-0.1, -0.05) is 30.3 Å². The molecule has 1 amide bonds. The second-order valence-electron chi connectivity index (χ2n) is 8.10. The van der Waals surface area contributed by atoms with Gasteiger partial charge in [-0.15, -0.1) is 0 Å². The SMILES string of the molecule is O=C1N(CCc2ccccc2)CCCC1(O)CN1CCc2nc[nH]c(=O)c2CC1. The second kappa shape index (κ2) is 8.47. The number of nitrogens with zero attached hydrogens (tertiary/aromatic N) is 3. The van der Waals surface area contributed by atoms with E-state index in [0.29, 0.717) is 52.0 Å². The number of benzene rings is 1. The number of piperidine rings is 1. The molecule has 4 rings (SSSR count). The lowest BCUT2D eigenvalue weighted by molar-refractivity contribution is -0.159. The Bertz CT molecular complexity index is 914. The number of β-amino-alcohol motifs (C(OH)–C–C–N with tert-alkyl or cyclic N) is 1. The summed E-state index contributed by atoms with van der Waals surface area (Å²) < 4.78 is 0. The normalized spacial score (nSPS) is 22.9. The third-order valence-corrected chi connectivity index (χ3v) is 6.08. The van der Waals surface area contributed by atoms with Crippen molar-refractivity contribution in [3.8, 4) is 0 Å². The maximum absolute atomic E-state index is 13.1. The van der Waals surface area contributed by atoms with Gasteiger partial charge in [0, 0.05) is 44.7 Å². The number of amides is 1. The summed E-state index contributed by atoms with van der Waals surface area (Å²) in [6, 6.07) is 10.1. The van der Waals surface area contributed by atoms with E-state index in [9.17, 15) is 14.7 Å². The molecule has 7 nitrogen and oxygen atoms in total. The lowest BCUT2D eigenvalue weighted by atomic mass is 9.90. The molecular weight excluding hydrogens is 368 g/mol. The molecule has 2 aromatic rings. The second-order valence-corrected chi connectivity index (χ2v) is 8.10. The summed E-state index contributed by atoms with van der Waals surface area (Å²) in [4.78, 5) is 36.0. The minimum atomic E-state index is -1.36. The number of H-pyrrole nitrogens is 1. The molecule has 2 aliphatic rings. The highest BCUT2D eigenvalue weighted by Gasteiger charge is 2.43. The van der Waals surface area contributed by atoms with E-state index in [2.05, 4.69) is 27.0 Å². The quantitative estimate of drug-likeness (QED) is 0.779. The first-order valence-electron chi connectivity index (χ1n) is 10.4. The Morgan fingerprint density at radius 2 is 1.90 bits per heavy atom. The van der Waals surface area contributed by atoms with Gasteiger partial charge in [0.25, 0.3) is 11.5 Å². The number of carbonyl (C=O) groups excluding carboxylic acids is 1. The van der Waals surface area contributed by atoms with Crippen LogP contribution in [-0.4, -0.2) is 69.1 Å². The van der Waals surface area contributed by atoms with Gasteiger partial charge in [0.05, 0.1) is 12.0 Å². The van der Waals surface area contributed by atoms with Gasteiger partial charge in [-0.3, -0.25) is 14.5 Å². The number of nitrogens with one attached hydrogen (secondary N) is 1. The van der Waals surface area contributed by atoms with E-state index >= 15 is 0 Å². The smallest absolute Gasteiger partial charge is 0.255 e. The first kappa shape index (κ1) is 19.8. The molecule has 3 heterocycles. The summed E-state index contributed by atoms with van der Waals surface area (Å²) in [6.07, 6.45) is 4.75. The third kappa shape index (κ3) is 4.41. The first-order chi connectivity index (χ1) is 14.0. The molecule has 1 saturated heterocycles. The molecular formula is C22H28N4O3. The van der Waals surface area contributed by atoms with Crippen LogP contribution in [0.4, 0.5) is 0 Å². The van der Waals surface area contributed by atoms with Crippen molar-refractivity contribution in [2.45, 2.75) is 37.7 Å². The molecule has 29 heavy (non-hydrogen) atoms. The van der Waals surface area contributed by atoms with Crippen molar-refractivity contribution >= 4 is 5.91 Å². The molecule has 1 aromatic heterocycles. The average Bonchev–Trinajstić information content (AvgIpc) is 2.93. The fraction of sp³-hybridized carbons (Fsp3) is 0.500. The molecule has 1 fully saturated rings. The number of aromatic nitrogens is 2. The molecule has 7 heteroatoms. The van der Waals surface area contributed by atoms with Crippen molar-refractivity contribution < 1.29 is 9.90 Å². The maximum atomic E-state index is 13.1. The van der Waals surface area contributed by atoms with Crippen LogP contribution in [0.1, 0.15) is 29.7 Å². The Balaban J connectivity index is 1.39. The largest absolute Gasteiger partial charge is 0.379 e. The van der Waals surface area contributed by atoms with Crippen molar-refractivity contribution in [3.63, 3.8) is 0 Å². The molecule has 0 aliphatic carbocycles. The van der Waals surface area contributed by atoms with Crippen molar-refractivity contribution in [2.75, 3.05) is 32.7 Å². The monoisotopic (exact) mass is 396 g/mol. The van der Waals surface area contributed by atoms with Gasteiger partial charge in [-0.25, -0.2) is 4.98 Å². The van der Waals surface area contributed by atoms with Crippen LogP contribution in [0.2, 0.25) is 0 Å². The van der Waals surface area contributed by atoms with Crippen LogP contribution >= 0.6 is 0 Å². The lowest BCUT2D eigenvalue weighted by Crippen LogP contribution is -2.59. The summed E-state index contributed by atoms with van der Waals surface area (Å²) in [7, 11) is 0. The number of aliphatic hydroxyl groups is 1. The van der Waals surface area contributed by atoms with Crippen LogP contribution in [-0.2, 0) is 24.1 Å². The number of rotatable bonds is 5. The summed E-state index contributed by atoms with van der Waals surface area (Å²) in [6.45, 7) is 2.94. The summed E-state index contributed by atoms with van der Waals surface area (Å²) in [5.74, 6) is -0.169. The van der Waals surface area contributed by atoms with Crippen molar-refractivity contribution in [3.05, 3.63) is 63.8 Å². The van der Waals surface area contributed by atoms with E-state index in [4.69, 9.17) is 0 Å². The topological polar surface area (TPSA) is 89.5 Å². The van der Waals surface area contributed by atoms with E-state index in [0.717, 1.165) is 24.1 Å². The highest BCUT2D eigenvalue weighted by molar-refractivity contribution is 5.86. The van der Waals surface area contributed by atoms with Crippen LogP contribution in [0.3, 0.4) is 0 Å². The predicted octanol–water partition coefficient (Wildman–Crippen LogP) is 0.767. The molecule has 0 spiro atoms. The zero-order chi connectivity index (χ0) is 20.3. The molecule has 1 aromatic carbocycles. The van der Waals surface area contributed by atoms with Crippen LogP contribution in [0.5, 0.6) is 0 Å². The van der Waals surface area contributed by atoms with Crippen molar-refractivity contribution in [1.29, 1.82) is 0 Å². The maximum Gasteiger partial charge on any atom is 0.255 e. The highest BCUT2D eigenvalue weighted by Crippen LogP contribution is 2.25. The number of hydrogen-bond donors (Lipinski definition) is 2. The van der Waals surface area contributed by atoms with Gasteiger partial charge in [0.2, 0.25) is 0 Å². The average molecular weight is 396 g/mol. The fourth-order valence-corrected chi connectivity index (χ4v) is 4.45. The lowest BCUT2D eigenvalue weighted by Gasteiger charge is -2.40. The van der Waals surface area contributed by atoms with E-state index in [1.807, 2.05) is 18.2 Å². The van der Waals surface area contributed by atoms with E-state index in [-0.39, 0.29) is 11.5 Å². The molecule has 0 radical (unpaired) electrons. The molecule has 0 bridgehead atoms. The molecule has 2 N–H and O–H groups in total. The number of fused-ring (bicyclic) bond motifs is 1. The summed E-state index contributed by atoms with van der Waals surface area (Å²) in [5.41, 5.74) is 1.30. The molecule has 0 saturated carbocycles. The van der Waals surface area contributed by atoms with E-state index in [1.165, 1.54) is 11.9 Å². The van der Waals surface area contributed by atoms with Gasteiger partial charge in [-0.2, -0.15) is 0 Å². The Hall–Kier alpha value is -2.51. The number of likely N-dealkylation sites (tertiary alicyclic amines) is 1. The standard InChI is InChI=1S/C22H28N4O3/c27-20-18-8-12-25(13-9-19(18)23-16-24-20)15-22(29)10-4-11-26(21(22)28)14-7-17-5-2-1-3-6-17/h1-3,5-6,16,29H,4,7-15H2,(H,23,24,27). The number of hydrogen-bond acceptors (Lipinski definition) is 5. The first-order valence-corrected chi connectivity index (χ1v) is 10.4. The van der Waals surface area contributed by atoms with Gasteiger partial charge in [0.1, 0.15) is 0 Å². The van der Waals surface area contributed by atoms with Gasteiger partial charge in [-0.05, 0) is 31.2 Å². The Kier molecular flexibility index (Phi) is 5.78. The van der Waals surface area contributed by atoms with Gasteiger partial charge >= 0.3 is 0 Å². The molecule has 154 valence electrons. The van der Waals surface area contributed by atoms with Crippen LogP contribution < -0.4 is 5.56 Å². The van der Waals surface area contributed by atoms with Crippen molar-refractivity contribution in [2.24, 2.45) is 0 Å². The van der Waals surface area contributed by atoms with E-state index in [1.54, 1.807) is 4.90 Å². The Morgan fingerprint density at radius 1 is 1.10 bits per heavy atom. The van der Waals surface area contributed by atoms with Crippen LogP contribution in [0.15, 0.2) is 41.5 Å². The predicted molar refractivity (Wildman–Crippen MR) is 110 cm³/mol.